The average molecular weight is 472 g/mol. The molecule has 1 spiro atoms. The van der Waals surface area contributed by atoms with E-state index in [1.165, 1.54) is 5.56 Å². The Morgan fingerprint density at radius 2 is 1.86 bits per heavy atom. The summed E-state index contributed by atoms with van der Waals surface area (Å²) in [6.07, 6.45) is 6.96. The van der Waals surface area contributed by atoms with Crippen LogP contribution >= 0.6 is 0 Å². The van der Waals surface area contributed by atoms with Crippen LogP contribution in [-0.4, -0.2) is 52.1 Å². The molecule has 2 aromatic carbocycles. The summed E-state index contributed by atoms with van der Waals surface area (Å²) in [6.45, 7) is 4.62. The molecule has 0 unspecified atom stereocenters. The van der Waals surface area contributed by atoms with Crippen molar-refractivity contribution in [1.29, 1.82) is 0 Å². The van der Waals surface area contributed by atoms with Crippen molar-refractivity contribution in [1.82, 2.24) is 20.2 Å². The van der Waals surface area contributed by atoms with Gasteiger partial charge in [-0.05, 0) is 75.5 Å². The van der Waals surface area contributed by atoms with Crippen LogP contribution in [0.15, 0.2) is 73.1 Å². The minimum Gasteiger partial charge on any atom is -0.367 e. The van der Waals surface area contributed by atoms with Gasteiger partial charge in [-0.15, -0.1) is 0 Å². The molecule has 2 saturated heterocycles. The third-order valence-corrected chi connectivity index (χ3v) is 7.15. The van der Waals surface area contributed by atoms with E-state index in [-0.39, 0.29) is 23.7 Å². The van der Waals surface area contributed by atoms with Gasteiger partial charge in [0.1, 0.15) is 0 Å². The van der Waals surface area contributed by atoms with E-state index in [0.717, 1.165) is 44.5 Å². The Balaban J connectivity index is 1.39. The molecule has 0 aliphatic carbocycles. The van der Waals surface area contributed by atoms with Gasteiger partial charge in [0.05, 0.1) is 11.7 Å². The van der Waals surface area contributed by atoms with Crippen molar-refractivity contribution in [2.45, 2.75) is 50.4 Å². The van der Waals surface area contributed by atoms with E-state index >= 15 is 0 Å². The SMILES string of the molecule is CCN(C(=O)c1cccc(Nc2ncccn2)c1)[C@H]1C[C@@H](c2ccccc2)OC2(CCNCC2)C1. The van der Waals surface area contributed by atoms with Gasteiger partial charge in [-0.1, -0.05) is 36.4 Å². The molecule has 2 aliphatic heterocycles. The predicted octanol–water partition coefficient (Wildman–Crippen LogP) is 4.72. The first-order valence-corrected chi connectivity index (χ1v) is 12.5. The summed E-state index contributed by atoms with van der Waals surface area (Å²) < 4.78 is 6.79. The highest BCUT2D eigenvalue weighted by Crippen LogP contribution is 2.43. The van der Waals surface area contributed by atoms with Crippen LogP contribution in [0.1, 0.15) is 54.6 Å². The zero-order valence-electron chi connectivity index (χ0n) is 20.2. The van der Waals surface area contributed by atoms with Crippen LogP contribution in [0.25, 0.3) is 0 Å². The zero-order valence-corrected chi connectivity index (χ0v) is 20.2. The first-order chi connectivity index (χ1) is 17.2. The summed E-state index contributed by atoms with van der Waals surface area (Å²) in [4.78, 5) is 24.3. The number of amides is 1. The Kier molecular flexibility index (Phi) is 7.06. The molecule has 7 nitrogen and oxygen atoms in total. The van der Waals surface area contributed by atoms with Crippen molar-refractivity contribution < 1.29 is 9.53 Å². The lowest BCUT2D eigenvalue weighted by Crippen LogP contribution is -2.54. The lowest BCUT2D eigenvalue weighted by Gasteiger charge is -2.49. The highest BCUT2D eigenvalue weighted by molar-refractivity contribution is 5.95. The number of carbonyl (C=O) groups excluding carboxylic acids is 1. The van der Waals surface area contributed by atoms with E-state index < -0.39 is 0 Å². The second kappa shape index (κ2) is 10.5. The highest BCUT2D eigenvalue weighted by Gasteiger charge is 2.45. The number of carbonyl (C=O) groups is 1. The fourth-order valence-corrected chi connectivity index (χ4v) is 5.43. The molecule has 2 atom stereocenters. The van der Waals surface area contributed by atoms with Gasteiger partial charge in [0.2, 0.25) is 5.95 Å². The van der Waals surface area contributed by atoms with Crippen LogP contribution in [0.5, 0.6) is 0 Å². The third kappa shape index (κ3) is 5.36. The van der Waals surface area contributed by atoms with Crippen molar-refractivity contribution in [3.63, 3.8) is 0 Å². The van der Waals surface area contributed by atoms with Gasteiger partial charge in [0.15, 0.2) is 0 Å². The van der Waals surface area contributed by atoms with E-state index in [1.807, 2.05) is 35.2 Å². The number of ether oxygens (including phenoxy) is 1. The summed E-state index contributed by atoms with van der Waals surface area (Å²) >= 11 is 0. The van der Waals surface area contributed by atoms with Crippen LogP contribution in [0, 0.1) is 0 Å². The number of aromatic nitrogens is 2. The topological polar surface area (TPSA) is 79.4 Å². The molecule has 5 rings (SSSR count). The van der Waals surface area contributed by atoms with E-state index in [2.05, 4.69) is 51.8 Å². The minimum absolute atomic E-state index is 0.0156. The van der Waals surface area contributed by atoms with Crippen LogP contribution in [-0.2, 0) is 4.74 Å². The van der Waals surface area contributed by atoms with Gasteiger partial charge >= 0.3 is 0 Å². The molecule has 0 radical (unpaired) electrons. The van der Waals surface area contributed by atoms with Gasteiger partial charge in [0, 0.05) is 36.2 Å². The van der Waals surface area contributed by atoms with E-state index in [4.69, 9.17) is 4.74 Å². The number of nitrogens with zero attached hydrogens (tertiary/aromatic N) is 3. The van der Waals surface area contributed by atoms with Crippen molar-refractivity contribution in [2.75, 3.05) is 25.0 Å². The monoisotopic (exact) mass is 471 g/mol. The largest absolute Gasteiger partial charge is 0.367 e. The van der Waals surface area contributed by atoms with Gasteiger partial charge in [-0.3, -0.25) is 4.79 Å². The van der Waals surface area contributed by atoms with Crippen LogP contribution in [0.3, 0.4) is 0 Å². The fourth-order valence-electron chi connectivity index (χ4n) is 5.43. The van der Waals surface area contributed by atoms with Crippen LogP contribution in [0.4, 0.5) is 11.6 Å². The van der Waals surface area contributed by atoms with E-state index in [0.29, 0.717) is 18.1 Å². The summed E-state index contributed by atoms with van der Waals surface area (Å²) in [7, 11) is 0. The molecule has 7 heteroatoms. The Hall–Kier alpha value is -3.29. The molecule has 2 N–H and O–H groups in total. The Morgan fingerprint density at radius 1 is 1.09 bits per heavy atom. The maximum Gasteiger partial charge on any atom is 0.254 e. The number of benzene rings is 2. The van der Waals surface area contributed by atoms with Crippen molar-refractivity contribution in [3.8, 4) is 0 Å². The summed E-state index contributed by atoms with van der Waals surface area (Å²) in [5.41, 5.74) is 2.45. The number of hydrogen-bond acceptors (Lipinski definition) is 6. The molecule has 0 bridgehead atoms. The smallest absolute Gasteiger partial charge is 0.254 e. The molecular formula is C28H33N5O2. The number of rotatable bonds is 6. The normalized spacial score (nSPS) is 21.4. The van der Waals surface area contributed by atoms with Crippen molar-refractivity contribution in [3.05, 3.63) is 84.2 Å². The van der Waals surface area contributed by atoms with Gasteiger partial charge in [-0.25, -0.2) is 9.97 Å². The second-order valence-electron chi connectivity index (χ2n) is 9.41. The number of anilines is 2. The van der Waals surface area contributed by atoms with Crippen molar-refractivity contribution >= 4 is 17.5 Å². The average Bonchev–Trinajstić information content (AvgIpc) is 2.90. The predicted molar refractivity (Wildman–Crippen MR) is 137 cm³/mol. The molecule has 1 amide bonds. The van der Waals surface area contributed by atoms with E-state index in [1.54, 1.807) is 18.5 Å². The molecule has 1 aromatic heterocycles. The molecule has 3 aromatic rings. The molecule has 2 fully saturated rings. The first-order valence-electron chi connectivity index (χ1n) is 12.5. The Morgan fingerprint density at radius 3 is 2.60 bits per heavy atom. The molecule has 35 heavy (non-hydrogen) atoms. The molecule has 2 aliphatic rings. The molecule has 3 heterocycles. The second-order valence-corrected chi connectivity index (χ2v) is 9.41. The maximum absolute atomic E-state index is 13.8. The molecule has 0 saturated carbocycles. The number of hydrogen-bond donors (Lipinski definition) is 2. The summed E-state index contributed by atoms with van der Waals surface area (Å²) in [5, 5.41) is 6.66. The minimum atomic E-state index is -0.198. The van der Waals surface area contributed by atoms with Gasteiger partial charge < -0.3 is 20.3 Å². The maximum atomic E-state index is 13.8. The fraction of sp³-hybridized carbons (Fsp3) is 0.393. The first kappa shape index (κ1) is 23.5. The lowest BCUT2D eigenvalue weighted by molar-refractivity contribution is -0.162. The number of nitrogens with one attached hydrogen (secondary N) is 2. The summed E-state index contributed by atoms with van der Waals surface area (Å²) in [6, 6.07) is 19.9. The van der Waals surface area contributed by atoms with Gasteiger partial charge in [0.25, 0.3) is 5.91 Å². The molecule has 182 valence electrons. The van der Waals surface area contributed by atoms with Crippen molar-refractivity contribution in [2.24, 2.45) is 0 Å². The van der Waals surface area contributed by atoms with E-state index in [9.17, 15) is 4.79 Å². The Labute approximate surface area is 206 Å². The molecular weight excluding hydrogens is 438 g/mol. The van der Waals surface area contributed by atoms with Crippen LogP contribution in [0.2, 0.25) is 0 Å². The summed E-state index contributed by atoms with van der Waals surface area (Å²) in [5.74, 6) is 0.556. The van der Waals surface area contributed by atoms with Crippen LogP contribution < -0.4 is 10.6 Å². The lowest BCUT2D eigenvalue weighted by atomic mass is 9.79. The van der Waals surface area contributed by atoms with Gasteiger partial charge in [-0.2, -0.15) is 0 Å². The highest BCUT2D eigenvalue weighted by atomic mass is 16.5. The standard InChI is InChI=1S/C28H33N5O2/c1-2-33(26(34)22-10-6-11-23(18-22)32-27-30-14-7-15-31-27)24-19-25(21-8-4-3-5-9-21)35-28(20-24)12-16-29-17-13-28/h3-11,14-15,18,24-25,29H,2,12-13,16-17,19-20H2,1H3,(H,30,31,32)/t24-,25-/m0/s1. The Bertz CT molecular complexity index is 1120. The third-order valence-electron chi connectivity index (χ3n) is 7.15. The number of piperidine rings is 1. The quantitative estimate of drug-likeness (QED) is 0.541. The zero-order chi connectivity index (χ0) is 24.1.